The summed E-state index contributed by atoms with van der Waals surface area (Å²) in [6, 6.07) is 15.3. The van der Waals surface area contributed by atoms with Crippen molar-refractivity contribution in [3.63, 3.8) is 0 Å². The second-order valence-corrected chi connectivity index (χ2v) is 8.24. The van der Waals surface area contributed by atoms with E-state index in [4.69, 9.17) is 24.2 Å². The number of para-hydroxylation sites is 4. The van der Waals surface area contributed by atoms with Crippen molar-refractivity contribution in [1.29, 1.82) is 0 Å². The van der Waals surface area contributed by atoms with E-state index in [9.17, 15) is 9.59 Å². The standard InChI is InChI=1S/C22H22N4O3.C2H2O4/c27-21(14-26-19-7-3-4-8-20(19)29-22(26)28)24-11-9-16(10-12-24)13-25-15-23-17-5-1-2-6-18(17)25;3-1(4)2(5)6/h1-8,15-16H,9-14H2;(H,3,4)(H,5,6). The first kappa shape index (κ1) is 23.7. The van der Waals surface area contributed by atoms with E-state index in [0.29, 0.717) is 30.1 Å². The molecule has 1 amide bonds. The largest absolute Gasteiger partial charge is 0.473 e. The molecule has 3 heterocycles. The van der Waals surface area contributed by atoms with Gasteiger partial charge in [-0.05, 0) is 43.0 Å². The summed E-state index contributed by atoms with van der Waals surface area (Å²) >= 11 is 0. The fourth-order valence-electron chi connectivity index (χ4n) is 4.20. The molecule has 1 fully saturated rings. The molecule has 11 nitrogen and oxygen atoms in total. The molecule has 182 valence electrons. The van der Waals surface area contributed by atoms with Gasteiger partial charge in [0.2, 0.25) is 5.91 Å². The zero-order valence-corrected chi connectivity index (χ0v) is 18.7. The Bertz CT molecular complexity index is 1410. The third-order valence-corrected chi connectivity index (χ3v) is 6.00. The number of hydrogen-bond acceptors (Lipinski definition) is 6. The van der Waals surface area contributed by atoms with Gasteiger partial charge in [0.15, 0.2) is 5.58 Å². The predicted octanol–water partition coefficient (Wildman–Crippen LogP) is 2.04. The number of likely N-dealkylation sites (tertiary alicyclic amines) is 1. The topological polar surface area (TPSA) is 148 Å². The number of oxazole rings is 1. The number of aromatic nitrogens is 3. The molecule has 35 heavy (non-hydrogen) atoms. The van der Waals surface area contributed by atoms with Crippen molar-refractivity contribution in [2.24, 2.45) is 5.92 Å². The number of benzene rings is 2. The van der Waals surface area contributed by atoms with Gasteiger partial charge in [0.05, 0.1) is 22.9 Å². The van der Waals surface area contributed by atoms with Gasteiger partial charge in [-0.3, -0.25) is 9.36 Å². The van der Waals surface area contributed by atoms with Crippen molar-refractivity contribution in [2.75, 3.05) is 13.1 Å². The number of carboxylic acids is 2. The molecule has 0 spiro atoms. The Labute approximate surface area is 198 Å². The highest BCUT2D eigenvalue weighted by Crippen LogP contribution is 2.22. The van der Waals surface area contributed by atoms with Crippen molar-refractivity contribution in [3.05, 3.63) is 65.4 Å². The lowest BCUT2D eigenvalue weighted by atomic mass is 9.96. The molecule has 0 atom stereocenters. The Hall–Kier alpha value is -4.41. The first-order valence-corrected chi connectivity index (χ1v) is 11.1. The maximum absolute atomic E-state index is 12.8. The summed E-state index contributed by atoms with van der Waals surface area (Å²) in [6.45, 7) is 2.35. The van der Waals surface area contributed by atoms with Crippen LogP contribution in [0.5, 0.6) is 0 Å². The van der Waals surface area contributed by atoms with Crippen molar-refractivity contribution >= 4 is 40.0 Å². The average molecular weight is 480 g/mol. The van der Waals surface area contributed by atoms with E-state index in [1.807, 2.05) is 41.6 Å². The molecule has 0 unspecified atom stereocenters. The molecule has 0 bridgehead atoms. The van der Waals surface area contributed by atoms with Gasteiger partial charge in [-0.1, -0.05) is 24.3 Å². The highest BCUT2D eigenvalue weighted by molar-refractivity contribution is 6.27. The van der Waals surface area contributed by atoms with Crippen LogP contribution in [0.15, 0.2) is 64.1 Å². The highest BCUT2D eigenvalue weighted by Gasteiger charge is 2.24. The van der Waals surface area contributed by atoms with Crippen LogP contribution >= 0.6 is 0 Å². The molecule has 1 saturated heterocycles. The summed E-state index contributed by atoms with van der Waals surface area (Å²) in [6.07, 6.45) is 3.79. The maximum Gasteiger partial charge on any atom is 0.420 e. The van der Waals surface area contributed by atoms with Crippen LogP contribution in [-0.2, 0) is 27.5 Å². The van der Waals surface area contributed by atoms with Crippen molar-refractivity contribution in [3.8, 4) is 0 Å². The maximum atomic E-state index is 12.8. The lowest BCUT2D eigenvalue weighted by Gasteiger charge is -2.32. The van der Waals surface area contributed by atoms with Gasteiger partial charge in [0, 0.05) is 19.6 Å². The number of fused-ring (bicyclic) bond motifs is 2. The van der Waals surface area contributed by atoms with E-state index in [2.05, 4.69) is 15.6 Å². The number of carbonyl (C=O) groups is 3. The molecule has 0 saturated carbocycles. The molecule has 1 aliphatic rings. The first-order chi connectivity index (χ1) is 16.8. The van der Waals surface area contributed by atoms with Crippen LogP contribution < -0.4 is 5.76 Å². The monoisotopic (exact) mass is 480 g/mol. The SMILES string of the molecule is O=C(Cn1c(=O)oc2ccccc21)N1CCC(Cn2cnc3ccccc32)CC1.O=C(O)C(=O)O. The van der Waals surface area contributed by atoms with E-state index in [-0.39, 0.29) is 12.5 Å². The number of amides is 1. The van der Waals surface area contributed by atoms with Gasteiger partial charge in [-0.2, -0.15) is 0 Å². The van der Waals surface area contributed by atoms with Crippen LogP contribution in [0, 0.1) is 5.92 Å². The van der Waals surface area contributed by atoms with E-state index in [1.165, 1.54) is 4.57 Å². The molecule has 4 aromatic rings. The third kappa shape index (κ3) is 5.40. The van der Waals surface area contributed by atoms with Crippen LogP contribution in [0.4, 0.5) is 0 Å². The molecular weight excluding hydrogens is 456 g/mol. The van der Waals surface area contributed by atoms with E-state index in [1.54, 1.807) is 12.1 Å². The quantitative estimate of drug-likeness (QED) is 0.422. The highest BCUT2D eigenvalue weighted by atomic mass is 16.4. The Kier molecular flexibility index (Phi) is 6.95. The third-order valence-electron chi connectivity index (χ3n) is 6.00. The summed E-state index contributed by atoms with van der Waals surface area (Å²) < 4.78 is 8.85. The summed E-state index contributed by atoms with van der Waals surface area (Å²) in [5.41, 5.74) is 3.33. The minimum absolute atomic E-state index is 0.0205. The van der Waals surface area contributed by atoms with Crippen LogP contribution in [0.2, 0.25) is 0 Å². The Morgan fingerprint density at radius 2 is 1.57 bits per heavy atom. The molecule has 11 heteroatoms. The Balaban J connectivity index is 0.000000431. The van der Waals surface area contributed by atoms with Gasteiger partial charge >= 0.3 is 17.7 Å². The first-order valence-electron chi connectivity index (χ1n) is 11.1. The van der Waals surface area contributed by atoms with Crippen LogP contribution in [0.25, 0.3) is 22.1 Å². The van der Waals surface area contributed by atoms with Crippen LogP contribution in [0.1, 0.15) is 12.8 Å². The molecular formula is C24H24N4O7. The normalized spacial score (nSPS) is 14.0. The number of carbonyl (C=O) groups excluding carboxylic acids is 1. The molecule has 2 aromatic heterocycles. The summed E-state index contributed by atoms with van der Waals surface area (Å²) in [7, 11) is 0. The second-order valence-electron chi connectivity index (χ2n) is 8.24. The number of hydrogen-bond donors (Lipinski definition) is 2. The minimum Gasteiger partial charge on any atom is -0.473 e. The van der Waals surface area contributed by atoms with Gasteiger partial charge in [-0.15, -0.1) is 0 Å². The van der Waals surface area contributed by atoms with Gasteiger partial charge < -0.3 is 24.1 Å². The van der Waals surface area contributed by atoms with E-state index < -0.39 is 17.7 Å². The zero-order chi connectivity index (χ0) is 24.9. The fourth-order valence-corrected chi connectivity index (χ4v) is 4.20. The van der Waals surface area contributed by atoms with Crippen LogP contribution in [0.3, 0.4) is 0 Å². The average Bonchev–Trinajstić information content (AvgIpc) is 3.40. The van der Waals surface area contributed by atoms with Crippen LogP contribution in [-0.4, -0.2) is 60.2 Å². The smallest absolute Gasteiger partial charge is 0.420 e. The summed E-state index contributed by atoms with van der Waals surface area (Å²) in [4.78, 5) is 49.4. The van der Waals surface area contributed by atoms with Crippen molar-refractivity contribution in [1.82, 2.24) is 19.0 Å². The Morgan fingerprint density at radius 1 is 0.943 bits per heavy atom. The lowest BCUT2D eigenvalue weighted by molar-refractivity contribution is -0.159. The number of aliphatic carboxylic acids is 2. The molecule has 0 aliphatic carbocycles. The number of piperidine rings is 1. The lowest BCUT2D eigenvalue weighted by Crippen LogP contribution is -2.41. The van der Waals surface area contributed by atoms with Gasteiger partial charge in [-0.25, -0.2) is 19.4 Å². The minimum atomic E-state index is -1.82. The van der Waals surface area contributed by atoms with Gasteiger partial charge in [0.1, 0.15) is 6.54 Å². The van der Waals surface area contributed by atoms with E-state index >= 15 is 0 Å². The molecule has 0 radical (unpaired) electrons. The van der Waals surface area contributed by atoms with E-state index in [0.717, 1.165) is 30.4 Å². The zero-order valence-electron chi connectivity index (χ0n) is 18.7. The number of nitrogens with zero attached hydrogens (tertiary/aromatic N) is 4. The molecule has 2 aromatic carbocycles. The molecule has 5 rings (SSSR count). The Morgan fingerprint density at radius 3 is 2.26 bits per heavy atom. The number of carboxylic acid groups (broad SMARTS) is 2. The van der Waals surface area contributed by atoms with Gasteiger partial charge in [0.25, 0.3) is 0 Å². The fraction of sp³-hybridized carbons (Fsp3) is 0.292. The number of imidazole rings is 1. The van der Waals surface area contributed by atoms with Crippen molar-refractivity contribution in [2.45, 2.75) is 25.9 Å². The summed E-state index contributed by atoms with van der Waals surface area (Å²) in [5.74, 6) is -3.66. The second kappa shape index (κ2) is 10.2. The molecule has 2 N–H and O–H groups in total. The number of rotatable bonds is 4. The summed E-state index contributed by atoms with van der Waals surface area (Å²) in [5, 5.41) is 14.8. The van der Waals surface area contributed by atoms with Crippen molar-refractivity contribution < 1.29 is 29.0 Å². The molecule has 1 aliphatic heterocycles. The predicted molar refractivity (Wildman–Crippen MR) is 125 cm³/mol.